The molecule has 0 radical (unpaired) electrons. The van der Waals surface area contributed by atoms with E-state index in [1.165, 1.54) is 12.8 Å². The Labute approximate surface area is 102 Å². The first kappa shape index (κ1) is 12.1. The third kappa shape index (κ3) is 2.87. The lowest BCUT2D eigenvalue weighted by atomic mass is 9.75. The van der Waals surface area contributed by atoms with Crippen molar-refractivity contribution >= 4 is 5.69 Å². The first-order valence-corrected chi connectivity index (χ1v) is 6.26. The van der Waals surface area contributed by atoms with Crippen LogP contribution in [0.4, 0.5) is 5.69 Å². The number of hydrogen-bond acceptors (Lipinski definition) is 3. The van der Waals surface area contributed by atoms with Gasteiger partial charge in [-0.3, -0.25) is 4.79 Å². The molecule has 0 atom stereocenters. The van der Waals surface area contributed by atoms with E-state index in [1.807, 2.05) is 0 Å². The molecule has 17 heavy (non-hydrogen) atoms. The van der Waals surface area contributed by atoms with E-state index in [0.29, 0.717) is 5.41 Å². The Balaban J connectivity index is 2.02. The van der Waals surface area contributed by atoms with Crippen molar-refractivity contribution in [3.63, 3.8) is 0 Å². The summed E-state index contributed by atoms with van der Waals surface area (Å²) in [4.78, 5) is 13.5. The third-order valence-electron chi connectivity index (χ3n) is 3.74. The van der Waals surface area contributed by atoms with Crippen molar-refractivity contribution in [3.05, 3.63) is 22.6 Å². The van der Waals surface area contributed by atoms with Gasteiger partial charge >= 0.3 is 0 Å². The molecule has 94 valence electrons. The molecule has 1 aliphatic heterocycles. The molecule has 0 unspecified atom stereocenters. The fourth-order valence-corrected chi connectivity index (χ4v) is 2.54. The van der Waals surface area contributed by atoms with Gasteiger partial charge in [-0.1, -0.05) is 20.8 Å². The number of hydrogen-bond donors (Lipinski definition) is 1. The van der Waals surface area contributed by atoms with Crippen molar-refractivity contribution in [1.29, 1.82) is 0 Å². The summed E-state index contributed by atoms with van der Waals surface area (Å²) in [6.07, 6.45) is 4.12. The van der Waals surface area contributed by atoms with Crippen molar-refractivity contribution < 1.29 is 0 Å². The number of aromatic amines is 1. The van der Waals surface area contributed by atoms with E-state index in [2.05, 4.69) is 35.9 Å². The van der Waals surface area contributed by atoms with Crippen LogP contribution in [0.1, 0.15) is 33.6 Å². The Bertz CT molecular complexity index is 425. The molecule has 2 rings (SSSR count). The summed E-state index contributed by atoms with van der Waals surface area (Å²) in [5.74, 6) is 0.772. The summed E-state index contributed by atoms with van der Waals surface area (Å²) in [6, 6.07) is 1.63. The molecule has 0 saturated carbocycles. The maximum atomic E-state index is 11.2. The first-order chi connectivity index (χ1) is 7.97. The molecule has 1 fully saturated rings. The van der Waals surface area contributed by atoms with E-state index in [1.54, 1.807) is 12.3 Å². The zero-order valence-corrected chi connectivity index (χ0v) is 10.9. The molecule has 0 bridgehead atoms. The van der Waals surface area contributed by atoms with Crippen LogP contribution < -0.4 is 10.5 Å². The maximum Gasteiger partial charge on any atom is 0.266 e. The van der Waals surface area contributed by atoms with Crippen molar-refractivity contribution in [1.82, 2.24) is 10.2 Å². The fraction of sp³-hybridized carbons (Fsp3) is 0.692. The van der Waals surface area contributed by atoms with E-state index in [4.69, 9.17) is 0 Å². The van der Waals surface area contributed by atoms with Crippen LogP contribution in [-0.4, -0.2) is 23.3 Å². The molecule has 1 N–H and O–H groups in total. The van der Waals surface area contributed by atoms with E-state index in [9.17, 15) is 4.79 Å². The molecule has 4 nitrogen and oxygen atoms in total. The van der Waals surface area contributed by atoms with Crippen LogP contribution in [0.5, 0.6) is 0 Å². The van der Waals surface area contributed by atoms with E-state index >= 15 is 0 Å². The number of anilines is 1. The van der Waals surface area contributed by atoms with Crippen LogP contribution in [0.3, 0.4) is 0 Å². The van der Waals surface area contributed by atoms with Crippen molar-refractivity contribution in [2.24, 2.45) is 11.3 Å². The van der Waals surface area contributed by atoms with Crippen LogP contribution >= 0.6 is 0 Å². The van der Waals surface area contributed by atoms with Gasteiger partial charge in [-0.05, 0) is 24.2 Å². The molecule has 1 saturated heterocycles. The number of rotatable bonds is 1. The van der Waals surface area contributed by atoms with Gasteiger partial charge in [0.2, 0.25) is 0 Å². The molecule has 4 heteroatoms. The summed E-state index contributed by atoms with van der Waals surface area (Å²) in [5, 5.41) is 6.26. The average Bonchev–Trinajstić information content (AvgIpc) is 2.28. The minimum absolute atomic E-state index is 0.125. The summed E-state index contributed by atoms with van der Waals surface area (Å²) in [6.45, 7) is 8.96. The Morgan fingerprint density at radius 2 is 2.00 bits per heavy atom. The monoisotopic (exact) mass is 235 g/mol. The van der Waals surface area contributed by atoms with Crippen LogP contribution in [0, 0.1) is 11.3 Å². The maximum absolute atomic E-state index is 11.2. The lowest BCUT2D eigenvalue weighted by Gasteiger charge is -2.39. The van der Waals surface area contributed by atoms with Gasteiger partial charge < -0.3 is 4.90 Å². The molecule has 0 aliphatic carbocycles. The van der Waals surface area contributed by atoms with E-state index in [0.717, 1.165) is 24.7 Å². The van der Waals surface area contributed by atoms with Gasteiger partial charge in [-0.2, -0.15) is 5.10 Å². The zero-order valence-electron chi connectivity index (χ0n) is 10.9. The zero-order chi connectivity index (χ0) is 12.5. The smallest absolute Gasteiger partial charge is 0.266 e. The Hall–Kier alpha value is -1.32. The van der Waals surface area contributed by atoms with E-state index in [-0.39, 0.29) is 5.56 Å². The normalized spacial score (nSPS) is 18.4. The van der Waals surface area contributed by atoms with Gasteiger partial charge in [-0.15, -0.1) is 0 Å². The highest BCUT2D eigenvalue weighted by Gasteiger charge is 2.28. The molecular formula is C13H21N3O. The summed E-state index contributed by atoms with van der Waals surface area (Å²) in [7, 11) is 0. The van der Waals surface area contributed by atoms with Gasteiger partial charge in [0.1, 0.15) is 0 Å². The number of H-pyrrole nitrogens is 1. The topological polar surface area (TPSA) is 49.0 Å². The molecule has 1 aliphatic rings. The standard InChI is InChI=1S/C13H21N3O/c1-13(2,3)10-4-6-16(7-5-10)11-8-12(17)15-14-9-11/h8-10H,4-7H2,1-3H3,(H,15,17). The molecule has 0 aromatic carbocycles. The number of aromatic nitrogens is 2. The third-order valence-corrected chi connectivity index (χ3v) is 3.74. The lowest BCUT2D eigenvalue weighted by molar-refractivity contribution is 0.199. The highest BCUT2D eigenvalue weighted by molar-refractivity contribution is 5.43. The van der Waals surface area contributed by atoms with Crippen molar-refractivity contribution in [2.45, 2.75) is 33.6 Å². The SMILES string of the molecule is CC(C)(C)C1CCN(c2cn[nH]c(=O)c2)CC1. The predicted octanol–water partition coefficient (Wildman–Crippen LogP) is 2.03. The second-order valence-electron chi connectivity index (χ2n) is 5.93. The highest BCUT2D eigenvalue weighted by atomic mass is 16.1. The molecular weight excluding hydrogens is 214 g/mol. The van der Waals surface area contributed by atoms with E-state index < -0.39 is 0 Å². The Morgan fingerprint density at radius 3 is 2.53 bits per heavy atom. The average molecular weight is 235 g/mol. The fourth-order valence-electron chi connectivity index (χ4n) is 2.54. The minimum Gasteiger partial charge on any atom is -0.370 e. The van der Waals surface area contributed by atoms with Gasteiger partial charge in [0, 0.05) is 19.2 Å². The lowest BCUT2D eigenvalue weighted by Crippen LogP contribution is -2.38. The molecule has 0 amide bonds. The predicted molar refractivity (Wildman–Crippen MR) is 69.2 cm³/mol. The first-order valence-electron chi connectivity index (χ1n) is 6.26. The van der Waals surface area contributed by atoms with Crippen molar-refractivity contribution in [3.8, 4) is 0 Å². The Kier molecular flexibility index (Phi) is 3.22. The van der Waals surface area contributed by atoms with Crippen LogP contribution in [-0.2, 0) is 0 Å². The van der Waals surface area contributed by atoms with Crippen LogP contribution in [0.25, 0.3) is 0 Å². The van der Waals surface area contributed by atoms with Gasteiger partial charge in [0.05, 0.1) is 11.9 Å². The summed E-state index contributed by atoms with van der Waals surface area (Å²) < 4.78 is 0. The molecule has 1 aromatic heterocycles. The Morgan fingerprint density at radius 1 is 1.35 bits per heavy atom. The van der Waals surface area contributed by atoms with Gasteiger partial charge in [-0.25, -0.2) is 5.10 Å². The van der Waals surface area contributed by atoms with Crippen LogP contribution in [0.15, 0.2) is 17.1 Å². The van der Waals surface area contributed by atoms with Gasteiger partial charge in [0.25, 0.3) is 5.56 Å². The number of nitrogens with zero attached hydrogens (tertiary/aromatic N) is 2. The highest BCUT2D eigenvalue weighted by Crippen LogP contribution is 2.35. The van der Waals surface area contributed by atoms with Gasteiger partial charge in [0.15, 0.2) is 0 Å². The largest absolute Gasteiger partial charge is 0.370 e. The molecule has 2 heterocycles. The van der Waals surface area contributed by atoms with Crippen LogP contribution in [0.2, 0.25) is 0 Å². The number of piperidine rings is 1. The van der Waals surface area contributed by atoms with Crippen molar-refractivity contribution in [2.75, 3.05) is 18.0 Å². The quantitative estimate of drug-likeness (QED) is 0.810. The molecule has 0 spiro atoms. The number of nitrogens with one attached hydrogen (secondary N) is 1. The summed E-state index contributed by atoms with van der Waals surface area (Å²) in [5.41, 5.74) is 1.21. The molecule has 1 aromatic rings. The second-order valence-corrected chi connectivity index (χ2v) is 5.93. The second kappa shape index (κ2) is 4.51. The summed E-state index contributed by atoms with van der Waals surface area (Å²) >= 11 is 0. The minimum atomic E-state index is -0.125.